The summed E-state index contributed by atoms with van der Waals surface area (Å²) in [7, 11) is 0. The molecule has 2 aliphatic rings. The summed E-state index contributed by atoms with van der Waals surface area (Å²) >= 11 is 0. The number of amides is 2. The van der Waals surface area contributed by atoms with Crippen molar-refractivity contribution in [2.24, 2.45) is 0 Å². The minimum Gasteiger partial charge on any atom is -0.285 e. The molecule has 23 heavy (non-hydrogen) atoms. The third-order valence-electron chi connectivity index (χ3n) is 4.68. The van der Waals surface area contributed by atoms with E-state index < -0.39 is 0 Å². The highest BCUT2D eigenvalue weighted by Crippen LogP contribution is 2.32. The molecule has 1 aromatic rings. The van der Waals surface area contributed by atoms with Gasteiger partial charge in [-0.25, -0.2) is 10.0 Å². The van der Waals surface area contributed by atoms with E-state index in [2.05, 4.69) is 6.92 Å². The van der Waals surface area contributed by atoms with Crippen LogP contribution in [-0.4, -0.2) is 52.9 Å². The lowest BCUT2D eigenvalue weighted by molar-refractivity contribution is -0.171. The van der Waals surface area contributed by atoms with Crippen LogP contribution in [0.1, 0.15) is 44.2 Å². The van der Waals surface area contributed by atoms with Crippen LogP contribution in [0.15, 0.2) is 30.3 Å². The molecule has 3 rings (SSSR count). The minimum atomic E-state index is -0.0208. The fourth-order valence-electron chi connectivity index (χ4n) is 3.50. The van der Waals surface area contributed by atoms with E-state index in [-0.39, 0.29) is 17.9 Å². The van der Waals surface area contributed by atoms with Crippen molar-refractivity contribution >= 4 is 11.8 Å². The lowest BCUT2D eigenvalue weighted by Crippen LogP contribution is -2.54. The molecule has 0 saturated carbocycles. The summed E-state index contributed by atoms with van der Waals surface area (Å²) in [5, 5.41) is 3.42. The molecule has 0 aliphatic carbocycles. The summed E-state index contributed by atoms with van der Waals surface area (Å²) in [6.45, 7) is 4.27. The van der Waals surface area contributed by atoms with Crippen molar-refractivity contribution in [1.82, 2.24) is 14.9 Å². The normalized spacial score (nSPS) is 22.9. The molecule has 0 aromatic heterocycles. The second-order valence-corrected chi connectivity index (χ2v) is 6.39. The van der Waals surface area contributed by atoms with Crippen molar-refractivity contribution in [2.75, 3.05) is 26.2 Å². The number of carbonyl (C=O) groups is 2. The van der Waals surface area contributed by atoms with E-state index in [0.717, 1.165) is 37.8 Å². The Morgan fingerprint density at radius 3 is 2.57 bits per heavy atom. The molecule has 0 unspecified atom stereocenters. The molecular weight excluding hydrogens is 290 g/mol. The van der Waals surface area contributed by atoms with E-state index in [4.69, 9.17) is 0 Å². The van der Waals surface area contributed by atoms with Gasteiger partial charge in [0.05, 0.1) is 19.1 Å². The Morgan fingerprint density at radius 2 is 1.83 bits per heavy atom. The Balaban J connectivity index is 1.85. The predicted molar refractivity (Wildman–Crippen MR) is 88.3 cm³/mol. The van der Waals surface area contributed by atoms with Crippen LogP contribution in [0.3, 0.4) is 0 Å². The third-order valence-corrected chi connectivity index (χ3v) is 4.68. The Morgan fingerprint density at radius 1 is 1.09 bits per heavy atom. The minimum absolute atomic E-state index is 0.0208. The highest BCUT2D eigenvalue weighted by atomic mass is 16.2. The summed E-state index contributed by atoms with van der Waals surface area (Å²) in [4.78, 5) is 27.5. The van der Waals surface area contributed by atoms with Crippen LogP contribution in [0.2, 0.25) is 0 Å². The van der Waals surface area contributed by atoms with Gasteiger partial charge in [-0.05, 0) is 31.4 Å². The van der Waals surface area contributed by atoms with Crippen LogP contribution in [0.4, 0.5) is 0 Å². The third kappa shape index (κ3) is 3.39. The molecule has 0 spiro atoms. The average molecular weight is 315 g/mol. The number of fused-ring (bicyclic) bond motifs is 1. The van der Waals surface area contributed by atoms with Crippen molar-refractivity contribution in [3.05, 3.63) is 35.9 Å². The predicted octanol–water partition coefficient (Wildman–Crippen LogP) is 2.21. The molecule has 5 nitrogen and oxygen atoms in total. The zero-order valence-electron chi connectivity index (χ0n) is 13.8. The van der Waals surface area contributed by atoms with Gasteiger partial charge < -0.3 is 0 Å². The Hall–Kier alpha value is -1.88. The van der Waals surface area contributed by atoms with Crippen LogP contribution in [0, 0.1) is 0 Å². The van der Waals surface area contributed by atoms with Gasteiger partial charge in [0.2, 0.25) is 0 Å². The van der Waals surface area contributed by atoms with Crippen LogP contribution in [0.5, 0.6) is 0 Å². The smallest absolute Gasteiger partial charge is 0.255 e. The molecule has 1 atom stereocenters. The van der Waals surface area contributed by atoms with Gasteiger partial charge in [0.15, 0.2) is 0 Å². The van der Waals surface area contributed by atoms with Gasteiger partial charge in [0, 0.05) is 6.54 Å². The number of benzene rings is 1. The zero-order chi connectivity index (χ0) is 16.2. The van der Waals surface area contributed by atoms with Crippen LogP contribution in [0.25, 0.3) is 0 Å². The van der Waals surface area contributed by atoms with Crippen molar-refractivity contribution < 1.29 is 9.59 Å². The summed E-state index contributed by atoms with van der Waals surface area (Å²) in [6.07, 6.45) is 3.93. The monoisotopic (exact) mass is 315 g/mol. The molecular formula is C18H25N3O2. The SMILES string of the molecule is CCCCN1CC(=O)N2CCC[C@@H](c3ccccc3)N2C(=O)C1. The van der Waals surface area contributed by atoms with Crippen molar-refractivity contribution in [3.8, 4) is 0 Å². The van der Waals surface area contributed by atoms with Crippen molar-refractivity contribution in [3.63, 3.8) is 0 Å². The molecule has 0 N–H and O–H groups in total. The van der Waals surface area contributed by atoms with Crippen molar-refractivity contribution in [1.29, 1.82) is 0 Å². The maximum absolute atomic E-state index is 12.8. The maximum Gasteiger partial charge on any atom is 0.255 e. The van der Waals surface area contributed by atoms with Gasteiger partial charge in [0.25, 0.3) is 11.8 Å². The first-order valence-electron chi connectivity index (χ1n) is 8.60. The largest absolute Gasteiger partial charge is 0.285 e. The molecule has 2 aliphatic heterocycles. The lowest BCUT2D eigenvalue weighted by atomic mass is 9.99. The molecule has 0 bridgehead atoms. The van der Waals surface area contributed by atoms with Crippen molar-refractivity contribution in [2.45, 2.75) is 38.6 Å². The fourth-order valence-corrected chi connectivity index (χ4v) is 3.50. The number of hydrazine groups is 1. The summed E-state index contributed by atoms with van der Waals surface area (Å²) < 4.78 is 0. The quantitative estimate of drug-likeness (QED) is 0.855. The van der Waals surface area contributed by atoms with Gasteiger partial charge in [-0.1, -0.05) is 43.7 Å². The lowest BCUT2D eigenvalue weighted by Gasteiger charge is -2.43. The molecule has 2 saturated heterocycles. The zero-order valence-corrected chi connectivity index (χ0v) is 13.8. The number of hydrogen-bond donors (Lipinski definition) is 0. The summed E-state index contributed by atoms with van der Waals surface area (Å²) in [5.74, 6) is 0.0908. The summed E-state index contributed by atoms with van der Waals surface area (Å²) in [6, 6.07) is 10.0. The number of carbonyl (C=O) groups excluding carboxylic acids is 2. The van der Waals surface area contributed by atoms with E-state index in [1.54, 1.807) is 10.0 Å². The molecule has 2 heterocycles. The molecule has 124 valence electrons. The number of unbranched alkanes of at least 4 members (excludes halogenated alkanes) is 1. The topological polar surface area (TPSA) is 43.9 Å². The first kappa shape index (κ1) is 16.0. The Labute approximate surface area is 137 Å². The Bertz CT molecular complexity index is 561. The second kappa shape index (κ2) is 7.13. The molecule has 1 aromatic carbocycles. The van der Waals surface area contributed by atoms with E-state index in [0.29, 0.717) is 19.6 Å². The van der Waals surface area contributed by atoms with Crippen LogP contribution in [-0.2, 0) is 9.59 Å². The van der Waals surface area contributed by atoms with Gasteiger partial charge in [-0.3, -0.25) is 14.5 Å². The van der Waals surface area contributed by atoms with E-state index in [1.165, 1.54) is 0 Å². The summed E-state index contributed by atoms with van der Waals surface area (Å²) in [5.41, 5.74) is 1.11. The van der Waals surface area contributed by atoms with Crippen LogP contribution < -0.4 is 0 Å². The first-order valence-corrected chi connectivity index (χ1v) is 8.60. The van der Waals surface area contributed by atoms with E-state index in [9.17, 15) is 9.59 Å². The number of hydrogen-bond acceptors (Lipinski definition) is 3. The molecule has 0 radical (unpaired) electrons. The fraction of sp³-hybridized carbons (Fsp3) is 0.556. The van der Waals surface area contributed by atoms with Gasteiger partial charge in [0.1, 0.15) is 0 Å². The Kier molecular flexibility index (Phi) is 4.96. The van der Waals surface area contributed by atoms with Gasteiger partial charge in [-0.15, -0.1) is 0 Å². The highest BCUT2D eigenvalue weighted by molar-refractivity contribution is 5.87. The van der Waals surface area contributed by atoms with Crippen LogP contribution >= 0.6 is 0 Å². The standard InChI is InChI=1S/C18H25N3O2/c1-2-3-11-19-13-17(22)20-12-7-10-16(21(20)18(23)14-19)15-8-5-4-6-9-15/h4-6,8-9,16H,2-3,7,10-14H2,1H3/t16-/m0/s1. The van der Waals surface area contributed by atoms with E-state index >= 15 is 0 Å². The molecule has 2 amide bonds. The molecule has 2 fully saturated rings. The molecule has 5 heteroatoms. The highest BCUT2D eigenvalue weighted by Gasteiger charge is 2.39. The van der Waals surface area contributed by atoms with Gasteiger partial charge >= 0.3 is 0 Å². The average Bonchev–Trinajstić information content (AvgIpc) is 2.71. The van der Waals surface area contributed by atoms with E-state index in [1.807, 2.05) is 35.2 Å². The van der Waals surface area contributed by atoms with Gasteiger partial charge in [-0.2, -0.15) is 0 Å². The maximum atomic E-state index is 12.8. The first-order chi connectivity index (χ1) is 11.2. The number of rotatable bonds is 4. The second-order valence-electron chi connectivity index (χ2n) is 6.39. The number of nitrogens with zero attached hydrogens (tertiary/aromatic N) is 3.